The number of hydrogen-bond acceptors (Lipinski definition) is 4. The molecule has 5 heteroatoms. The lowest BCUT2D eigenvalue weighted by molar-refractivity contribution is -0.122. The fraction of sp³-hybridized carbons (Fsp3) is 0.909. The molecule has 0 aromatic heterocycles. The standard InChI is InChI=1S/C11H22N2O3/c1-15-10-5-3-2-4-9(10)13-6-7-16-8-11(12)14/h9-10,13H,2-8H2,1H3,(H2,12,14). The topological polar surface area (TPSA) is 73.6 Å². The zero-order valence-corrected chi connectivity index (χ0v) is 9.91. The molecule has 5 nitrogen and oxygen atoms in total. The highest BCUT2D eigenvalue weighted by Gasteiger charge is 2.23. The summed E-state index contributed by atoms with van der Waals surface area (Å²) in [4.78, 5) is 10.4. The normalized spacial score (nSPS) is 25.6. The maximum atomic E-state index is 10.4. The number of primary amides is 1. The Hall–Kier alpha value is -0.650. The summed E-state index contributed by atoms with van der Waals surface area (Å²) in [6.45, 7) is 1.24. The minimum Gasteiger partial charge on any atom is -0.380 e. The average Bonchev–Trinajstić information content (AvgIpc) is 2.29. The molecule has 0 aromatic carbocycles. The van der Waals surface area contributed by atoms with Crippen LogP contribution in [0.2, 0.25) is 0 Å². The van der Waals surface area contributed by atoms with Crippen molar-refractivity contribution in [2.45, 2.75) is 37.8 Å². The minimum atomic E-state index is -0.424. The molecule has 0 saturated heterocycles. The van der Waals surface area contributed by atoms with Gasteiger partial charge in [-0.1, -0.05) is 12.8 Å². The molecular formula is C11H22N2O3. The highest BCUT2D eigenvalue weighted by atomic mass is 16.5. The summed E-state index contributed by atoms with van der Waals surface area (Å²) in [5.74, 6) is -0.424. The lowest BCUT2D eigenvalue weighted by Gasteiger charge is -2.31. The average molecular weight is 230 g/mol. The Bertz CT molecular complexity index is 211. The van der Waals surface area contributed by atoms with Crippen molar-refractivity contribution in [2.75, 3.05) is 26.9 Å². The van der Waals surface area contributed by atoms with Gasteiger partial charge in [0, 0.05) is 19.7 Å². The van der Waals surface area contributed by atoms with Gasteiger partial charge >= 0.3 is 0 Å². The van der Waals surface area contributed by atoms with Gasteiger partial charge in [0.2, 0.25) is 5.91 Å². The molecule has 2 atom stereocenters. The van der Waals surface area contributed by atoms with Gasteiger partial charge in [-0.15, -0.1) is 0 Å². The smallest absolute Gasteiger partial charge is 0.243 e. The first-order valence-electron chi connectivity index (χ1n) is 5.86. The van der Waals surface area contributed by atoms with Crippen molar-refractivity contribution in [2.24, 2.45) is 5.73 Å². The Morgan fingerprint density at radius 2 is 2.19 bits per heavy atom. The molecular weight excluding hydrogens is 208 g/mol. The van der Waals surface area contributed by atoms with E-state index in [-0.39, 0.29) is 6.61 Å². The third-order valence-corrected chi connectivity index (χ3v) is 2.90. The van der Waals surface area contributed by atoms with Crippen molar-refractivity contribution in [3.8, 4) is 0 Å². The highest BCUT2D eigenvalue weighted by Crippen LogP contribution is 2.20. The third-order valence-electron chi connectivity index (χ3n) is 2.90. The SMILES string of the molecule is COC1CCCCC1NCCOCC(N)=O. The molecule has 94 valence electrons. The number of hydrogen-bond donors (Lipinski definition) is 2. The van der Waals surface area contributed by atoms with Gasteiger partial charge in [0.05, 0.1) is 12.7 Å². The van der Waals surface area contributed by atoms with Gasteiger partial charge in [-0.3, -0.25) is 4.79 Å². The highest BCUT2D eigenvalue weighted by molar-refractivity contribution is 5.74. The van der Waals surface area contributed by atoms with Crippen molar-refractivity contribution in [3.63, 3.8) is 0 Å². The van der Waals surface area contributed by atoms with Gasteiger partial charge < -0.3 is 20.5 Å². The molecule has 16 heavy (non-hydrogen) atoms. The van der Waals surface area contributed by atoms with Gasteiger partial charge in [-0.05, 0) is 12.8 Å². The molecule has 1 amide bonds. The first kappa shape index (κ1) is 13.4. The van der Waals surface area contributed by atoms with Crippen LogP contribution in [0.15, 0.2) is 0 Å². The number of carbonyl (C=O) groups is 1. The maximum Gasteiger partial charge on any atom is 0.243 e. The number of rotatable bonds is 7. The monoisotopic (exact) mass is 230 g/mol. The number of carbonyl (C=O) groups excluding carboxylic acids is 1. The molecule has 3 N–H and O–H groups in total. The minimum absolute atomic E-state index is 0.0000526. The van der Waals surface area contributed by atoms with Crippen LogP contribution in [-0.2, 0) is 14.3 Å². The van der Waals surface area contributed by atoms with Gasteiger partial charge in [-0.25, -0.2) is 0 Å². The predicted octanol–water partition coefficient (Wildman–Crippen LogP) is 0.0355. The van der Waals surface area contributed by atoms with Crippen molar-refractivity contribution in [1.29, 1.82) is 0 Å². The van der Waals surface area contributed by atoms with Crippen LogP contribution in [0.3, 0.4) is 0 Å². The van der Waals surface area contributed by atoms with Crippen LogP contribution in [-0.4, -0.2) is 44.9 Å². The summed E-state index contributed by atoms with van der Waals surface area (Å²) in [5.41, 5.74) is 4.96. The fourth-order valence-corrected chi connectivity index (χ4v) is 2.10. The number of nitrogens with one attached hydrogen (secondary N) is 1. The third kappa shape index (κ3) is 4.92. The van der Waals surface area contributed by atoms with Gasteiger partial charge in [-0.2, -0.15) is 0 Å². The van der Waals surface area contributed by atoms with E-state index in [0.29, 0.717) is 18.8 Å². The van der Waals surface area contributed by atoms with E-state index in [1.807, 2.05) is 0 Å². The Labute approximate surface area is 96.7 Å². The molecule has 0 heterocycles. The molecule has 0 radical (unpaired) electrons. The maximum absolute atomic E-state index is 10.4. The van der Waals surface area contributed by atoms with E-state index in [1.54, 1.807) is 7.11 Å². The molecule has 1 aliphatic carbocycles. The molecule has 0 spiro atoms. The van der Waals surface area contributed by atoms with Crippen molar-refractivity contribution in [1.82, 2.24) is 5.32 Å². The second-order valence-electron chi connectivity index (χ2n) is 4.14. The van der Waals surface area contributed by atoms with Gasteiger partial charge in [0.25, 0.3) is 0 Å². The van der Waals surface area contributed by atoms with Gasteiger partial charge in [0.1, 0.15) is 6.61 Å². The molecule has 0 aromatic rings. The number of amides is 1. The molecule has 1 fully saturated rings. The van der Waals surface area contributed by atoms with E-state index < -0.39 is 5.91 Å². The van der Waals surface area contributed by atoms with Gasteiger partial charge in [0.15, 0.2) is 0 Å². The molecule has 1 rings (SSSR count). The Kier molecular flexibility index (Phi) is 6.37. The quantitative estimate of drug-likeness (QED) is 0.605. The summed E-state index contributed by atoms with van der Waals surface area (Å²) in [5, 5.41) is 3.39. The first-order valence-corrected chi connectivity index (χ1v) is 5.86. The van der Waals surface area contributed by atoms with Crippen molar-refractivity contribution >= 4 is 5.91 Å². The van der Waals surface area contributed by atoms with Crippen LogP contribution >= 0.6 is 0 Å². The Morgan fingerprint density at radius 1 is 1.44 bits per heavy atom. The fourth-order valence-electron chi connectivity index (χ4n) is 2.10. The summed E-state index contributed by atoms with van der Waals surface area (Å²) in [7, 11) is 1.76. The van der Waals surface area contributed by atoms with E-state index in [2.05, 4.69) is 5.32 Å². The number of ether oxygens (including phenoxy) is 2. The van der Waals surface area contributed by atoms with E-state index in [1.165, 1.54) is 12.8 Å². The number of methoxy groups -OCH3 is 1. The number of nitrogens with two attached hydrogens (primary N) is 1. The van der Waals surface area contributed by atoms with E-state index in [4.69, 9.17) is 15.2 Å². The largest absolute Gasteiger partial charge is 0.380 e. The van der Waals surface area contributed by atoms with Crippen LogP contribution in [0.5, 0.6) is 0 Å². The lowest BCUT2D eigenvalue weighted by Crippen LogP contribution is -2.44. The van der Waals surface area contributed by atoms with Crippen LogP contribution < -0.4 is 11.1 Å². The van der Waals surface area contributed by atoms with Crippen molar-refractivity contribution < 1.29 is 14.3 Å². The Morgan fingerprint density at radius 3 is 2.88 bits per heavy atom. The molecule has 1 aliphatic rings. The van der Waals surface area contributed by atoms with Crippen LogP contribution in [0, 0.1) is 0 Å². The zero-order chi connectivity index (χ0) is 11.8. The predicted molar refractivity (Wildman–Crippen MR) is 61.1 cm³/mol. The second-order valence-corrected chi connectivity index (χ2v) is 4.14. The van der Waals surface area contributed by atoms with Crippen molar-refractivity contribution in [3.05, 3.63) is 0 Å². The summed E-state index contributed by atoms with van der Waals surface area (Å²) < 4.78 is 10.5. The molecule has 1 saturated carbocycles. The summed E-state index contributed by atoms with van der Waals surface area (Å²) >= 11 is 0. The first-order chi connectivity index (χ1) is 7.74. The Balaban J connectivity index is 2.08. The lowest BCUT2D eigenvalue weighted by atomic mass is 9.92. The van der Waals surface area contributed by atoms with Crippen LogP contribution in [0.4, 0.5) is 0 Å². The van der Waals surface area contributed by atoms with Crippen LogP contribution in [0.1, 0.15) is 25.7 Å². The second kappa shape index (κ2) is 7.60. The van der Waals surface area contributed by atoms with E-state index >= 15 is 0 Å². The van der Waals surface area contributed by atoms with E-state index in [9.17, 15) is 4.79 Å². The zero-order valence-electron chi connectivity index (χ0n) is 9.91. The molecule has 0 bridgehead atoms. The summed E-state index contributed by atoms with van der Waals surface area (Å²) in [6, 6.07) is 0.413. The van der Waals surface area contributed by atoms with Crippen LogP contribution in [0.25, 0.3) is 0 Å². The molecule has 2 unspecified atom stereocenters. The van der Waals surface area contributed by atoms with E-state index in [0.717, 1.165) is 19.4 Å². The summed E-state index contributed by atoms with van der Waals surface area (Å²) in [6.07, 6.45) is 5.07. The molecule has 0 aliphatic heterocycles.